The third-order valence-electron chi connectivity index (χ3n) is 5.09. The van der Waals surface area contributed by atoms with E-state index in [1.807, 2.05) is 37.3 Å². The summed E-state index contributed by atoms with van der Waals surface area (Å²) in [5.74, 6) is 1.61. The lowest BCUT2D eigenvalue weighted by atomic mass is 10.1. The van der Waals surface area contributed by atoms with Gasteiger partial charge in [-0.05, 0) is 25.5 Å². The molecule has 2 heterocycles. The average molecular weight is 514 g/mol. The summed E-state index contributed by atoms with van der Waals surface area (Å²) >= 11 is 0. The van der Waals surface area contributed by atoms with Crippen LogP contribution >= 0.6 is 24.0 Å². The van der Waals surface area contributed by atoms with Gasteiger partial charge in [0.1, 0.15) is 11.9 Å². The molecule has 0 bridgehead atoms. The second-order valence-electron chi connectivity index (χ2n) is 7.15. The maximum atomic E-state index is 11.9. The summed E-state index contributed by atoms with van der Waals surface area (Å²) in [7, 11) is 0. The van der Waals surface area contributed by atoms with Crippen LogP contribution < -0.4 is 10.1 Å². The van der Waals surface area contributed by atoms with Crippen molar-refractivity contribution in [2.75, 3.05) is 32.7 Å². The molecule has 1 aromatic rings. The van der Waals surface area contributed by atoms with Crippen molar-refractivity contribution >= 4 is 41.8 Å². The molecule has 0 saturated carbocycles. The van der Waals surface area contributed by atoms with Crippen molar-refractivity contribution in [3.05, 3.63) is 30.3 Å². The Kier molecular flexibility index (Phi) is 9.69. The molecule has 2 aliphatic heterocycles. The van der Waals surface area contributed by atoms with E-state index < -0.39 is 0 Å². The first-order valence-electron chi connectivity index (χ1n) is 10.3. The Morgan fingerprint density at radius 3 is 2.41 bits per heavy atom. The Hall–Kier alpha value is -1.84. The van der Waals surface area contributed by atoms with Crippen LogP contribution in [0.25, 0.3) is 0 Å². The molecule has 0 atom stereocenters. The third kappa shape index (κ3) is 6.87. The van der Waals surface area contributed by atoms with Crippen molar-refractivity contribution in [2.24, 2.45) is 4.99 Å². The summed E-state index contributed by atoms with van der Waals surface area (Å²) in [5.41, 5.74) is 0. The number of nitrogens with one attached hydrogen (secondary N) is 1. The van der Waals surface area contributed by atoms with Gasteiger partial charge in [-0.2, -0.15) is 0 Å². The van der Waals surface area contributed by atoms with Gasteiger partial charge in [-0.1, -0.05) is 18.2 Å². The van der Waals surface area contributed by atoms with Gasteiger partial charge in [0.2, 0.25) is 11.8 Å². The lowest BCUT2D eigenvalue weighted by molar-refractivity contribution is -0.147. The van der Waals surface area contributed by atoms with Crippen molar-refractivity contribution in [3.63, 3.8) is 0 Å². The number of carbonyl (C=O) groups is 2. The second kappa shape index (κ2) is 12.0. The number of halogens is 1. The maximum Gasteiger partial charge on any atom is 0.229 e. The van der Waals surface area contributed by atoms with Gasteiger partial charge < -0.3 is 15.0 Å². The third-order valence-corrected chi connectivity index (χ3v) is 5.09. The fraction of sp³-hybridized carbons (Fsp3) is 0.571. The standard InChI is InChI=1S/C21H30N4O3.HI/c1-2-22-21(23-13-16-25-19(26)9-6-10-20(25)27)24-14-11-18(12-15-24)28-17-7-4-3-5-8-17;/h3-5,7-8,18H,2,6,9-16H2,1H3,(H,22,23);1H. The summed E-state index contributed by atoms with van der Waals surface area (Å²) < 4.78 is 6.06. The molecule has 0 aromatic heterocycles. The van der Waals surface area contributed by atoms with Gasteiger partial charge in [0.05, 0.1) is 6.54 Å². The molecule has 160 valence electrons. The number of aliphatic imine (C=N–C) groups is 1. The number of piperidine rings is 2. The van der Waals surface area contributed by atoms with Crippen molar-refractivity contribution in [2.45, 2.75) is 45.1 Å². The summed E-state index contributed by atoms with van der Waals surface area (Å²) in [4.78, 5) is 32.1. The highest BCUT2D eigenvalue weighted by atomic mass is 127. The van der Waals surface area contributed by atoms with Gasteiger partial charge in [0.25, 0.3) is 0 Å². The van der Waals surface area contributed by atoms with Gasteiger partial charge >= 0.3 is 0 Å². The molecule has 7 nitrogen and oxygen atoms in total. The summed E-state index contributed by atoms with van der Waals surface area (Å²) in [6.45, 7) is 5.34. The number of likely N-dealkylation sites (tertiary alicyclic amines) is 2. The van der Waals surface area contributed by atoms with Gasteiger partial charge in [-0.15, -0.1) is 24.0 Å². The zero-order valence-corrected chi connectivity index (χ0v) is 19.3. The van der Waals surface area contributed by atoms with Crippen molar-refractivity contribution in [3.8, 4) is 5.75 Å². The molecule has 2 amide bonds. The first-order chi connectivity index (χ1) is 13.7. The lowest BCUT2D eigenvalue weighted by Gasteiger charge is -2.34. The topological polar surface area (TPSA) is 74.2 Å². The van der Waals surface area contributed by atoms with Crippen molar-refractivity contribution in [1.82, 2.24) is 15.1 Å². The minimum Gasteiger partial charge on any atom is -0.490 e. The van der Waals surface area contributed by atoms with Crippen LogP contribution in [-0.4, -0.2) is 66.4 Å². The van der Waals surface area contributed by atoms with Crippen molar-refractivity contribution < 1.29 is 14.3 Å². The molecule has 2 saturated heterocycles. The number of guanidine groups is 1. The monoisotopic (exact) mass is 514 g/mol. The molecular formula is C21H31IN4O3. The Morgan fingerprint density at radius 1 is 1.14 bits per heavy atom. The van der Waals surface area contributed by atoms with E-state index in [1.54, 1.807) is 0 Å². The highest BCUT2D eigenvalue weighted by molar-refractivity contribution is 14.0. The molecule has 0 unspecified atom stereocenters. The van der Waals surface area contributed by atoms with Crippen molar-refractivity contribution in [1.29, 1.82) is 0 Å². The Labute approximate surface area is 189 Å². The number of benzene rings is 1. The van der Waals surface area contributed by atoms with E-state index in [9.17, 15) is 9.59 Å². The Balaban J connectivity index is 0.00000300. The van der Waals surface area contributed by atoms with Crippen LogP contribution in [0.3, 0.4) is 0 Å². The van der Waals surface area contributed by atoms with Gasteiger partial charge in [-0.3, -0.25) is 19.5 Å². The number of imide groups is 1. The first kappa shape index (κ1) is 23.4. The van der Waals surface area contributed by atoms with E-state index >= 15 is 0 Å². The normalized spacial score (nSPS) is 18.4. The predicted molar refractivity (Wildman–Crippen MR) is 124 cm³/mol. The highest BCUT2D eigenvalue weighted by Crippen LogP contribution is 2.18. The van der Waals surface area contributed by atoms with E-state index in [0.717, 1.165) is 44.2 Å². The van der Waals surface area contributed by atoms with Crippen LogP contribution in [0, 0.1) is 0 Å². The van der Waals surface area contributed by atoms with Gasteiger partial charge in [0.15, 0.2) is 5.96 Å². The van der Waals surface area contributed by atoms with Gasteiger partial charge in [0, 0.05) is 51.9 Å². The molecule has 1 aromatic carbocycles. The maximum absolute atomic E-state index is 11.9. The molecule has 0 aliphatic carbocycles. The zero-order valence-electron chi connectivity index (χ0n) is 17.0. The highest BCUT2D eigenvalue weighted by Gasteiger charge is 2.26. The number of hydrogen-bond donors (Lipinski definition) is 1. The van der Waals surface area contributed by atoms with E-state index in [1.165, 1.54) is 4.90 Å². The largest absolute Gasteiger partial charge is 0.490 e. The molecule has 2 aliphatic rings. The zero-order chi connectivity index (χ0) is 19.8. The van der Waals surface area contributed by atoms with Crippen LogP contribution in [0.2, 0.25) is 0 Å². The molecule has 29 heavy (non-hydrogen) atoms. The van der Waals surface area contributed by atoms with Crippen LogP contribution in [0.1, 0.15) is 39.0 Å². The number of ether oxygens (including phenoxy) is 1. The fourth-order valence-corrected chi connectivity index (χ4v) is 3.61. The summed E-state index contributed by atoms with van der Waals surface area (Å²) in [6.07, 6.45) is 3.67. The predicted octanol–water partition coefficient (Wildman–Crippen LogP) is 2.65. The first-order valence-corrected chi connectivity index (χ1v) is 10.3. The summed E-state index contributed by atoms with van der Waals surface area (Å²) in [6, 6.07) is 9.93. The lowest BCUT2D eigenvalue weighted by Crippen LogP contribution is -2.48. The second-order valence-corrected chi connectivity index (χ2v) is 7.15. The molecule has 2 fully saturated rings. The summed E-state index contributed by atoms with van der Waals surface area (Å²) in [5, 5.41) is 3.32. The van der Waals surface area contributed by atoms with Crippen LogP contribution in [-0.2, 0) is 9.59 Å². The van der Waals surface area contributed by atoms with Crippen LogP contribution in [0.4, 0.5) is 0 Å². The molecule has 1 N–H and O–H groups in total. The molecular weight excluding hydrogens is 483 g/mol. The van der Waals surface area contributed by atoms with Gasteiger partial charge in [-0.25, -0.2) is 0 Å². The number of rotatable bonds is 6. The number of carbonyl (C=O) groups excluding carboxylic acids is 2. The molecule has 3 rings (SSSR count). The van der Waals surface area contributed by atoms with E-state index in [-0.39, 0.29) is 41.9 Å². The molecule has 0 spiro atoms. The number of hydrogen-bond acceptors (Lipinski definition) is 4. The smallest absolute Gasteiger partial charge is 0.229 e. The average Bonchev–Trinajstić information content (AvgIpc) is 2.71. The van der Waals surface area contributed by atoms with E-state index in [4.69, 9.17) is 4.74 Å². The van der Waals surface area contributed by atoms with Crippen LogP contribution in [0.5, 0.6) is 5.75 Å². The minimum atomic E-state index is -0.0738. The van der Waals surface area contributed by atoms with E-state index in [0.29, 0.717) is 32.4 Å². The number of nitrogens with zero attached hydrogens (tertiary/aromatic N) is 3. The Bertz CT molecular complexity index is 674. The number of amides is 2. The Morgan fingerprint density at radius 2 is 1.79 bits per heavy atom. The number of para-hydroxylation sites is 1. The molecule has 0 radical (unpaired) electrons. The van der Waals surface area contributed by atoms with E-state index in [2.05, 4.69) is 15.2 Å². The quantitative estimate of drug-likeness (QED) is 0.274. The SMILES string of the molecule is CCNC(=NCCN1C(=O)CCCC1=O)N1CCC(Oc2ccccc2)CC1.I. The molecule has 8 heteroatoms. The van der Waals surface area contributed by atoms with Crippen LogP contribution in [0.15, 0.2) is 35.3 Å². The minimum absolute atomic E-state index is 0. The fourth-order valence-electron chi connectivity index (χ4n) is 3.61.